The summed E-state index contributed by atoms with van der Waals surface area (Å²) in [5.41, 5.74) is 4.38. The second kappa shape index (κ2) is 9.52. The monoisotopic (exact) mass is 539 g/mol. The molecule has 5 heterocycles. The van der Waals surface area contributed by atoms with Crippen molar-refractivity contribution in [3.63, 3.8) is 0 Å². The molecule has 1 amide bonds. The average Bonchev–Trinajstić information content (AvgIpc) is 3.65. The summed E-state index contributed by atoms with van der Waals surface area (Å²) in [5, 5.41) is 10.8. The van der Waals surface area contributed by atoms with Gasteiger partial charge in [-0.25, -0.2) is 9.37 Å². The number of anilines is 1. The molecule has 6 aromatic rings. The lowest BCUT2D eigenvalue weighted by molar-refractivity contribution is -0.118. The number of fused-ring (bicyclic) bond motifs is 2. The largest absolute Gasteiger partial charge is 0.336 e. The van der Waals surface area contributed by atoms with Crippen LogP contribution in [0.4, 0.5) is 10.1 Å². The van der Waals surface area contributed by atoms with Crippen LogP contribution >= 0.6 is 11.3 Å². The molecule has 0 aliphatic rings. The third-order valence-corrected chi connectivity index (χ3v) is 7.50. The smallest absolute Gasteiger partial charge is 0.226 e. The van der Waals surface area contributed by atoms with E-state index in [-0.39, 0.29) is 17.6 Å². The minimum Gasteiger partial charge on any atom is -0.336 e. The number of imidazole rings is 1. The maximum absolute atomic E-state index is 15.2. The predicted molar refractivity (Wildman–Crippen MR) is 149 cm³/mol. The summed E-state index contributed by atoms with van der Waals surface area (Å²) in [6, 6.07) is 10.2. The molecule has 0 atom stereocenters. The number of nitrogens with one attached hydrogen (secondary N) is 3. The maximum atomic E-state index is 15.2. The Kier molecular flexibility index (Phi) is 5.99. The van der Waals surface area contributed by atoms with Crippen LogP contribution in [0.3, 0.4) is 0 Å². The van der Waals surface area contributed by atoms with Crippen LogP contribution in [-0.2, 0) is 4.79 Å². The molecule has 0 saturated heterocycles. The summed E-state index contributed by atoms with van der Waals surface area (Å²) in [5.74, 6) is -0.328. The van der Waals surface area contributed by atoms with E-state index >= 15 is 4.39 Å². The van der Waals surface area contributed by atoms with Crippen LogP contribution < -0.4 is 5.32 Å². The van der Waals surface area contributed by atoms with Crippen LogP contribution in [0.25, 0.3) is 55.2 Å². The molecule has 0 spiro atoms. The number of thiophene rings is 1. The van der Waals surface area contributed by atoms with Crippen LogP contribution in [0.15, 0.2) is 55.0 Å². The fourth-order valence-electron chi connectivity index (χ4n) is 4.26. The lowest BCUT2D eigenvalue weighted by atomic mass is 10.0. The Morgan fingerprint density at radius 3 is 2.67 bits per heavy atom. The Bertz CT molecular complexity index is 1900. The Labute approximate surface area is 225 Å². The van der Waals surface area contributed by atoms with Gasteiger partial charge in [0.05, 0.1) is 32.7 Å². The number of Topliss-reactive ketones (excluding diaryl/α,β-unsaturated/α-hetero) is 1. The number of pyridine rings is 2. The SMILES string of the molecule is CC(=O)c1ccc(-c2nccc3[nH]c(-c4n[nH]c5cc(F)c(-c6cncc(NC(=O)C(C)C)c6)cc45)nc23)s1. The van der Waals surface area contributed by atoms with E-state index in [1.807, 2.05) is 12.1 Å². The second-order valence-electron chi connectivity index (χ2n) is 9.42. The van der Waals surface area contributed by atoms with E-state index in [4.69, 9.17) is 4.98 Å². The number of hydrogen-bond acceptors (Lipinski definition) is 7. The van der Waals surface area contributed by atoms with E-state index in [1.54, 1.807) is 44.4 Å². The van der Waals surface area contributed by atoms with Gasteiger partial charge >= 0.3 is 0 Å². The summed E-state index contributed by atoms with van der Waals surface area (Å²) in [7, 11) is 0. The third-order valence-electron chi connectivity index (χ3n) is 6.30. The predicted octanol–water partition coefficient (Wildman–Crippen LogP) is 6.23. The first kappa shape index (κ1) is 24.6. The van der Waals surface area contributed by atoms with Gasteiger partial charge in [-0.3, -0.25) is 24.7 Å². The molecule has 0 bridgehead atoms. The Hall–Kier alpha value is -4.77. The maximum Gasteiger partial charge on any atom is 0.226 e. The summed E-state index contributed by atoms with van der Waals surface area (Å²) < 4.78 is 15.2. The molecule has 194 valence electrons. The van der Waals surface area contributed by atoms with Crippen molar-refractivity contribution < 1.29 is 14.0 Å². The summed E-state index contributed by atoms with van der Waals surface area (Å²) in [4.78, 5) is 42.2. The summed E-state index contributed by atoms with van der Waals surface area (Å²) in [6.07, 6.45) is 4.75. The van der Waals surface area contributed by atoms with Crippen LogP contribution in [-0.4, -0.2) is 41.8 Å². The number of halogens is 1. The van der Waals surface area contributed by atoms with Gasteiger partial charge in [-0.15, -0.1) is 11.3 Å². The average molecular weight is 540 g/mol. The van der Waals surface area contributed by atoms with Crippen molar-refractivity contribution in [1.82, 2.24) is 30.1 Å². The zero-order valence-corrected chi connectivity index (χ0v) is 22.0. The Balaban J connectivity index is 1.43. The van der Waals surface area contributed by atoms with E-state index < -0.39 is 5.82 Å². The van der Waals surface area contributed by atoms with Gasteiger partial charge in [0.25, 0.3) is 0 Å². The number of benzene rings is 1. The molecule has 0 saturated carbocycles. The Morgan fingerprint density at radius 1 is 1.05 bits per heavy atom. The zero-order valence-electron chi connectivity index (χ0n) is 21.2. The fraction of sp³-hybridized carbons (Fsp3) is 0.143. The number of aromatic nitrogens is 6. The number of carbonyl (C=O) groups excluding carboxylic acids is 2. The first-order valence-electron chi connectivity index (χ1n) is 12.2. The number of nitrogens with zero attached hydrogens (tertiary/aromatic N) is 4. The van der Waals surface area contributed by atoms with E-state index in [0.717, 1.165) is 10.4 Å². The number of H-pyrrole nitrogens is 2. The highest BCUT2D eigenvalue weighted by Gasteiger charge is 2.19. The van der Waals surface area contributed by atoms with Crippen molar-refractivity contribution >= 4 is 50.7 Å². The van der Waals surface area contributed by atoms with E-state index in [1.165, 1.54) is 30.5 Å². The fourth-order valence-corrected chi connectivity index (χ4v) is 5.16. The first-order valence-corrected chi connectivity index (χ1v) is 13.0. The topological polar surface area (TPSA) is 129 Å². The minimum absolute atomic E-state index is 0.00444. The van der Waals surface area contributed by atoms with Crippen LogP contribution in [0, 0.1) is 11.7 Å². The molecule has 0 aliphatic heterocycles. The molecule has 9 nitrogen and oxygen atoms in total. The highest BCUT2D eigenvalue weighted by Crippen LogP contribution is 2.35. The van der Waals surface area contributed by atoms with Crippen LogP contribution in [0.1, 0.15) is 30.4 Å². The van der Waals surface area contributed by atoms with Gasteiger partial charge < -0.3 is 10.3 Å². The van der Waals surface area contributed by atoms with Crippen LogP contribution in [0.2, 0.25) is 0 Å². The van der Waals surface area contributed by atoms with Crippen LogP contribution in [0.5, 0.6) is 0 Å². The van der Waals surface area contributed by atoms with Gasteiger partial charge in [-0.2, -0.15) is 5.10 Å². The lowest BCUT2D eigenvalue weighted by Gasteiger charge is -2.09. The molecule has 0 fully saturated rings. The molecule has 6 rings (SSSR count). The second-order valence-corrected chi connectivity index (χ2v) is 10.5. The summed E-state index contributed by atoms with van der Waals surface area (Å²) >= 11 is 1.36. The van der Waals surface area contributed by atoms with E-state index in [9.17, 15) is 9.59 Å². The van der Waals surface area contributed by atoms with Gasteiger partial charge in [0.1, 0.15) is 22.7 Å². The van der Waals surface area contributed by atoms with Crippen molar-refractivity contribution in [3.05, 3.63) is 65.7 Å². The molecule has 11 heteroatoms. The van der Waals surface area contributed by atoms with E-state index in [0.29, 0.717) is 55.3 Å². The minimum atomic E-state index is -0.457. The zero-order chi connectivity index (χ0) is 27.3. The Morgan fingerprint density at radius 2 is 1.90 bits per heavy atom. The molecule has 0 aliphatic carbocycles. The normalized spacial score (nSPS) is 11.5. The first-order chi connectivity index (χ1) is 18.8. The molecule has 0 unspecified atom stereocenters. The highest BCUT2D eigenvalue weighted by molar-refractivity contribution is 7.17. The molecular formula is C28H22FN7O2S. The van der Waals surface area contributed by atoms with Gasteiger partial charge in [0.15, 0.2) is 11.6 Å². The number of rotatable bonds is 6. The number of aromatic amines is 2. The number of hydrogen-bond donors (Lipinski definition) is 3. The number of amides is 1. The van der Waals surface area contributed by atoms with Crippen molar-refractivity contribution in [2.24, 2.45) is 5.92 Å². The molecule has 0 radical (unpaired) electrons. The third kappa shape index (κ3) is 4.46. The number of carbonyl (C=O) groups is 2. The van der Waals surface area contributed by atoms with Crippen molar-refractivity contribution in [1.29, 1.82) is 0 Å². The van der Waals surface area contributed by atoms with Crippen molar-refractivity contribution in [2.75, 3.05) is 5.32 Å². The molecule has 5 aromatic heterocycles. The van der Waals surface area contributed by atoms with E-state index in [2.05, 4.69) is 30.5 Å². The molecule has 3 N–H and O–H groups in total. The molecular weight excluding hydrogens is 517 g/mol. The highest BCUT2D eigenvalue weighted by atomic mass is 32.1. The molecule has 39 heavy (non-hydrogen) atoms. The van der Waals surface area contributed by atoms with Gasteiger partial charge in [-0.1, -0.05) is 13.8 Å². The summed E-state index contributed by atoms with van der Waals surface area (Å²) in [6.45, 7) is 5.12. The molecule has 1 aromatic carbocycles. The van der Waals surface area contributed by atoms with Gasteiger partial charge in [0, 0.05) is 40.9 Å². The van der Waals surface area contributed by atoms with Gasteiger partial charge in [0.2, 0.25) is 5.91 Å². The standard InChI is InChI=1S/C28H22FN7O2S/c1-13(2)28(38)32-16-8-15(11-30-12-16)17-9-18-21(10-19(17)29)35-36-24(18)27-33-20-6-7-31-26(25(20)34-27)23-5-4-22(39-23)14(3)37/h4-13H,1-3H3,(H,32,38)(H,33,34)(H,35,36). The van der Waals surface area contributed by atoms with Crippen molar-refractivity contribution in [3.8, 4) is 33.2 Å². The van der Waals surface area contributed by atoms with Gasteiger partial charge in [-0.05, 0) is 37.3 Å². The quantitative estimate of drug-likeness (QED) is 0.215. The lowest BCUT2D eigenvalue weighted by Crippen LogP contribution is -2.17. The van der Waals surface area contributed by atoms with Crippen molar-refractivity contribution in [2.45, 2.75) is 20.8 Å². The number of ketones is 1.